The Labute approximate surface area is 88.4 Å². The summed E-state index contributed by atoms with van der Waals surface area (Å²) >= 11 is 0. The molecule has 1 saturated heterocycles. The van der Waals surface area contributed by atoms with Crippen molar-refractivity contribution in [1.29, 1.82) is 0 Å². The van der Waals surface area contributed by atoms with Crippen LogP contribution in [-0.2, 0) is 4.74 Å². The van der Waals surface area contributed by atoms with Crippen LogP contribution in [0, 0.1) is 11.8 Å². The quantitative estimate of drug-likeness (QED) is 0.734. The van der Waals surface area contributed by atoms with Crippen molar-refractivity contribution < 1.29 is 4.74 Å². The van der Waals surface area contributed by atoms with Gasteiger partial charge in [0.1, 0.15) is 0 Å². The molecule has 0 aliphatic carbocycles. The average molecular weight is 199 g/mol. The lowest BCUT2D eigenvalue weighted by molar-refractivity contribution is 0.0308. The molecule has 0 saturated carbocycles. The number of ether oxygens (including phenoxy) is 1. The fourth-order valence-electron chi connectivity index (χ4n) is 2.40. The third-order valence-corrected chi connectivity index (χ3v) is 3.28. The van der Waals surface area contributed by atoms with E-state index >= 15 is 0 Å². The molecule has 0 amide bonds. The van der Waals surface area contributed by atoms with E-state index in [2.05, 4.69) is 26.1 Å². The molecule has 0 aromatic heterocycles. The molecule has 0 bridgehead atoms. The number of hydrogen-bond acceptors (Lipinski definition) is 2. The Morgan fingerprint density at radius 3 is 2.79 bits per heavy atom. The third-order valence-electron chi connectivity index (χ3n) is 3.28. The van der Waals surface area contributed by atoms with Crippen LogP contribution in [0.1, 0.15) is 40.0 Å². The van der Waals surface area contributed by atoms with Crippen LogP contribution in [0.3, 0.4) is 0 Å². The van der Waals surface area contributed by atoms with Crippen LogP contribution < -0.4 is 5.32 Å². The molecule has 2 heteroatoms. The molecule has 1 rings (SSSR count). The van der Waals surface area contributed by atoms with Crippen LogP contribution >= 0.6 is 0 Å². The SMILES string of the molecule is CCNC(C)CC(C)C1CCCOC1. The molecule has 0 aromatic rings. The summed E-state index contributed by atoms with van der Waals surface area (Å²) in [5.74, 6) is 1.59. The Balaban J connectivity index is 2.21. The molecule has 14 heavy (non-hydrogen) atoms. The maximum absolute atomic E-state index is 5.52. The van der Waals surface area contributed by atoms with Crippen LogP contribution in [0.2, 0.25) is 0 Å². The average Bonchev–Trinajstić information content (AvgIpc) is 2.19. The standard InChI is InChI=1S/C12H25NO/c1-4-13-11(3)8-10(2)12-6-5-7-14-9-12/h10-13H,4-9H2,1-3H3. The van der Waals surface area contributed by atoms with E-state index in [1.807, 2.05) is 0 Å². The van der Waals surface area contributed by atoms with Gasteiger partial charge in [0.05, 0.1) is 0 Å². The van der Waals surface area contributed by atoms with Crippen molar-refractivity contribution in [2.45, 2.75) is 46.1 Å². The van der Waals surface area contributed by atoms with Gasteiger partial charge in [-0.15, -0.1) is 0 Å². The van der Waals surface area contributed by atoms with E-state index in [1.165, 1.54) is 19.3 Å². The van der Waals surface area contributed by atoms with Crippen LogP contribution in [0.4, 0.5) is 0 Å². The molecule has 3 atom stereocenters. The lowest BCUT2D eigenvalue weighted by Gasteiger charge is -2.29. The second-order valence-electron chi connectivity index (χ2n) is 4.65. The first-order valence-electron chi connectivity index (χ1n) is 6.05. The highest BCUT2D eigenvalue weighted by Gasteiger charge is 2.21. The summed E-state index contributed by atoms with van der Waals surface area (Å²) in [4.78, 5) is 0. The van der Waals surface area contributed by atoms with E-state index in [0.717, 1.165) is 31.6 Å². The fourth-order valence-corrected chi connectivity index (χ4v) is 2.40. The molecule has 1 fully saturated rings. The number of nitrogens with one attached hydrogen (secondary N) is 1. The molecular weight excluding hydrogens is 174 g/mol. The van der Waals surface area contributed by atoms with Gasteiger partial charge in [0.2, 0.25) is 0 Å². The first-order chi connectivity index (χ1) is 6.74. The molecule has 84 valence electrons. The molecule has 0 aromatic carbocycles. The first-order valence-corrected chi connectivity index (χ1v) is 6.05. The highest BCUT2D eigenvalue weighted by atomic mass is 16.5. The van der Waals surface area contributed by atoms with Crippen molar-refractivity contribution in [3.05, 3.63) is 0 Å². The van der Waals surface area contributed by atoms with Gasteiger partial charge in [0.15, 0.2) is 0 Å². The van der Waals surface area contributed by atoms with E-state index in [-0.39, 0.29) is 0 Å². The van der Waals surface area contributed by atoms with E-state index in [0.29, 0.717) is 6.04 Å². The number of rotatable bonds is 5. The van der Waals surface area contributed by atoms with Crippen molar-refractivity contribution >= 4 is 0 Å². The minimum Gasteiger partial charge on any atom is -0.381 e. The molecule has 0 radical (unpaired) electrons. The predicted molar refractivity (Wildman–Crippen MR) is 60.5 cm³/mol. The highest BCUT2D eigenvalue weighted by molar-refractivity contribution is 4.73. The van der Waals surface area contributed by atoms with E-state index in [4.69, 9.17) is 4.74 Å². The van der Waals surface area contributed by atoms with Gasteiger partial charge in [-0.05, 0) is 44.6 Å². The molecule has 3 unspecified atom stereocenters. The van der Waals surface area contributed by atoms with Crippen molar-refractivity contribution in [3.63, 3.8) is 0 Å². The van der Waals surface area contributed by atoms with E-state index in [9.17, 15) is 0 Å². The van der Waals surface area contributed by atoms with Crippen LogP contribution in [0.15, 0.2) is 0 Å². The minimum atomic E-state index is 0.650. The first kappa shape index (κ1) is 12.0. The van der Waals surface area contributed by atoms with Gasteiger partial charge >= 0.3 is 0 Å². The Bertz CT molecular complexity index is 143. The van der Waals surface area contributed by atoms with E-state index in [1.54, 1.807) is 0 Å². The molecule has 0 spiro atoms. The summed E-state index contributed by atoms with van der Waals surface area (Å²) in [5.41, 5.74) is 0. The molecule has 1 aliphatic heterocycles. The van der Waals surface area contributed by atoms with E-state index < -0.39 is 0 Å². The fraction of sp³-hybridized carbons (Fsp3) is 1.00. The Kier molecular flexibility index (Phi) is 5.49. The summed E-state index contributed by atoms with van der Waals surface area (Å²) in [7, 11) is 0. The normalized spacial score (nSPS) is 27.2. The number of hydrogen-bond donors (Lipinski definition) is 1. The predicted octanol–water partition coefficient (Wildman–Crippen LogP) is 2.44. The van der Waals surface area contributed by atoms with Crippen LogP contribution in [0.5, 0.6) is 0 Å². The second-order valence-corrected chi connectivity index (χ2v) is 4.65. The van der Waals surface area contributed by atoms with Gasteiger partial charge < -0.3 is 10.1 Å². The van der Waals surface area contributed by atoms with Gasteiger partial charge in [-0.3, -0.25) is 0 Å². The largest absolute Gasteiger partial charge is 0.381 e. The third kappa shape index (κ3) is 3.97. The van der Waals surface area contributed by atoms with Gasteiger partial charge in [0, 0.05) is 19.3 Å². The van der Waals surface area contributed by atoms with Gasteiger partial charge in [-0.25, -0.2) is 0 Å². The monoisotopic (exact) mass is 199 g/mol. The summed E-state index contributed by atoms with van der Waals surface area (Å²) < 4.78 is 5.52. The molecule has 1 aliphatic rings. The Morgan fingerprint density at radius 1 is 1.43 bits per heavy atom. The van der Waals surface area contributed by atoms with Gasteiger partial charge in [0.25, 0.3) is 0 Å². The van der Waals surface area contributed by atoms with Crippen molar-refractivity contribution in [2.24, 2.45) is 11.8 Å². The van der Waals surface area contributed by atoms with Crippen LogP contribution in [0.25, 0.3) is 0 Å². The lowest BCUT2D eigenvalue weighted by Crippen LogP contribution is -2.31. The van der Waals surface area contributed by atoms with Crippen molar-refractivity contribution in [1.82, 2.24) is 5.32 Å². The summed E-state index contributed by atoms with van der Waals surface area (Å²) in [6.07, 6.45) is 3.90. The topological polar surface area (TPSA) is 21.3 Å². The van der Waals surface area contributed by atoms with Crippen molar-refractivity contribution in [3.8, 4) is 0 Å². The molecule has 1 N–H and O–H groups in total. The summed E-state index contributed by atoms with van der Waals surface area (Å²) in [6, 6.07) is 0.650. The maximum Gasteiger partial charge on any atom is 0.0496 e. The molecular formula is C12H25NO. The highest BCUT2D eigenvalue weighted by Crippen LogP contribution is 2.25. The maximum atomic E-state index is 5.52. The Hall–Kier alpha value is -0.0800. The van der Waals surface area contributed by atoms with Gasteiger partial charge in [-0.1, -0.05) is 13.8 Å². The summed E-state index contributed by atoms with van der Waals surface area (Å²) in [6.45, 7) is 9.86. The van der Waals surface area contributed by atoms with Crippen molar-refractivity contribution in [2.75, 3.05) is 19.8 Å². The van der Waals surface area contributed by atoms with Gasteiger partial charge in [-0.2, -0.15) is 0 Å². The minimum absolute atomic E-state index is 0.650. The zero-order chi connectivity index (χ0) is 10.4. The second kappa shape index (κ2) is 6.41. The van der Waals surface area contributed by atoms with Crippen LogP contribution in [-0.4, -0.2) is 25.8 Å². The summed E-state index contributed by atoms with van der Waals surface area (Å²) in [5, 5.41) is 3.47. The molecule has 2 nitrogen and oxygen atoms in total. The molecule has 1 heterocycles. The zero-order valence-corrected chi connectivity index (χ0v) is 9.88. The zero-order valence-electron chi connectivity index (χ0n) is 9.88. The lowest BCUT2D eigenvalue weighted by atomic mass is 9.85. The smallest absolute Gasteiger partial charge is 0.0496 e. The Morgan fingerprint density at radius 2 is 2.21 bits per heavy atom.